The van der Waals surface area contributed by atoms with E-state index in [1.807, 2.05) is 24.0 Å². The molecule has 2 atom stereocenters. The highest BCUT2D eigenvalue weighted by molar-refractivity contribution is 6.10. The van der Waals surface area contributed by atoms with Crippen molar-refractivity contribution in [1.82, 2.24) is 24.7 Å². The van der Waals surface area contributed by atoms with Gasteiger partial charge in [-0.3, -0.25) is 9.59 Å². The number of piperidine rings is 1. The van der Waals surface area contributed by atoms with Crippen LogP contribution in [0.3, 0.4) is 0 Å². The summed E-state index contributed by atoms with van der Waals surface area (Å²) in [5.41, 5.74) is 3.53. The molecule has 1 saturated carbocycles. The average Bonchev–Trinajstić information content (AvgIpc) is 3.27. The van der Waals surface area contributed by atoms with Gasteiger partial charge in [-0.2, -0.15) is 10.1 Å². The molecule has 2 fully saturated rings. The van der Waals surface area contributed by atoms with Crippen molar-refractivity contribution in [3.05, 3.63) is 65.3 Å². The van der Waals surface area contributed by atoms with E-state index in [0.29, 0.717) is 46.0 Å². The van der Waals surface area contributed by atoms with Crippen molar-refractivity contribution >= 4 is 23.0 Å². The quantitative estimate of drug-likeness (QED) is 0.447. The van der Waals surface area contributed by atoms with Gasteiger partial charge in [0, 0.05) is 36.1 Å². The summed E-state index contributed by atoms with van der Waals surface area (Å²) in [5.74, 6) is -0.0579. The molecule has 36 heavy (non-hydrogen) atoms. The molecule has 9 nitrogen and oxygen atoms in total. The van der Waals surface area contributed by atoms with E-state index in [9.17, 15) is 14.0 Å². The molecule has 4 aromatic rings. The minimum atomic E-state index is -0.923. The van der Waals surface area contributed by atoms with Crippen molar-refractivity contribution in [2.45, 2.75) is 44.7 Å². The van der Waals surface area contributed by atoms with Gasteiger partial charge in [-0.1, -0.05) is 17.3 Å². The molecule has 3 aromatic heterocycles. The molecule has 1 N–H and O–H groups in total. The fourth-order valence-corrected chi connectivity index (χ4v) is 4.58. The molecule has 0 radical (unpaired) electrons. The van der Waals surface area contributed by atoms with Gasteiger partial charge >= 0.3 is 0 Å². The van der Waals surface area contributed by atoms with E-state index >= 15 is 0 Å². The van der Waals surface area contributed by atoms with Crippen LogP contribution < -0.4 is 5.32 Å². The summed E-state index contributed by atoms with van der Waals surface area (Å²) in [7, 11) is 0. The van der Waals surface area contributed by atoms with Crippen LogP contribution in [0, 0.1) is 6.92 Å². The van der Waals surface area contributed by atoms with Gasteiger partial charge in [-0.15, -0.1) is 0 Å². The van der Waals surface area contributed by atoms with Crippen molar-refractivity contribution in [3.63, 3.8) is 0 Å². The second kappa shape index (κ2) is 8.85. The number of hydrogen-bond donors (Lipinski definition) is 1. The van der Waals surface area contributed by atoms with Crippen LogP contribution >= 0.6 is 0 Å². The van der Waals surface area contributed by atoms with Gasteiger partial charge < -0.3 is 14.7 Å². The number of nitrogens with zero attached hydrogens (tertiary/aromatic N) is 5. The zero-order valence-corrected chi connectivity index (χ0v) is 19.8. The predicted octanol–water partition coefficient (Wildman–Crippen LogP) is 4.40. The molecular weight excluding hydrogens is 463 g/mol. The Morgan fingerprint density at radius 3 is 2.72 bits per heavy atom. The lowest BCUT2D eigenvalue weighted by molar-refractivity contribution is 0.0724. The van der Waals surface area contributed by atoms with Gasteiger partial charge in [-0.25, -0.2) is 8.91 Å². The number of aromatic nitrogens is 4. The molecule has 0 spiro atoms. The molecule has 6 rings (SSSR count). The van der Waals surface area contributed by atoms with E-state index in [4.69, 9.17) is 4.52 Å². The Labute approximate surface area is 206 Å². The number of hydrogen-bond acceptors (Lipinski definition) is 6. The van der Waals surface area contributed by atoms with E-state index < -0.39 is 6.17 Å². The van der Waals surface area contributed by atoms with Crippen molar-refractivity contribution < 1.29 is 18.5 Å². The van der Waals surface area contributed by atoms with Gasteiger partial charge in [-0.05, 0) is 56.4 Å². The van der Waals surface area contributed by atoms with Gasteiger partial charge in [0.25, 0.3) is 11.8 Å². The van der Waals surface area contributed by atoms with Crippen LogP contribution in [-0.4, -0.2) is 55.7 Å². The molecule has 2 aliphatic rings. The molecule has 10 heteroatoms. The lowest BCUT2D eigenvalue weighted by Gasteiger charge is -2.26. The van der Waals surface area contributed by atoms with Crippen molar-refractivity contribution in [1.29, 1.82) is 0 Å². The van der Waals surface area contributed by atoms with Gasteiger partial charge in [0.05, 0.1) is 23.2 Å². The number of carbonyl (C=O) groups excluding carboxylic acids is 2. The second-order valence-electron chi connectivity index (χ2n) is 9.45. The monoisotopic (exact) mass is 488 g/mol. The van der Waals surface area contributed by atoms with Crippen LogP contribution in [0.25, 0.3) is 16.9 Å². The predicted molar refractivity (Wildman–Crippen MR) is 130 cm³/mol. The first kappa shape index (κ1) is 22.4. The lowest BCUT2D eigenvalue weighted by atomic mass is 10.1. The number of fused-ring (bicyclic) bond motifs is 1. The maximum absolute atomic E-state index is 13.3. The summed E-state index contributed by atoms with van der Waals surface area (Å²) in [6.07, 6.45) is 5.83. The zero-order chi connectivity index (χ0) is 24.8. The fourth-order valence-electron chi connectivity index (χ4n) is 4.58. The van der Waals surface area contributed by atoms with Crippen LogP contribution in [-0.2, 0) is 0 Å². The molecule has 2 amide bonds. The van der Waals surface area contributed by atoms with E-state index in [1.165, 1.54) is 6.20 Å². The third-order valence-electron chi connectivity index (χ3n) is 6.87. The maximum Gasteiger partial charge on any atom is 0.259 e. The van der Waals surface area contributed by atoms with Crippen molar-refractivity contribution in [2.75, 3.05) is 18.4 Å². The highest BCUT2D eigenvalue weighted by Crippen LogP contribution is 2.43. The molecule has 4 heterocycles. The first-order valence-electron chi connectivity index (χ1n) is 12.1. The number of nitrogens with one attached hydrogen (secondary N) is 1. The largest absolute Gasteiger partial charge is 0.339 e. The fraction of sp³-hybridized carbons (Fsp3) is 0.346. The van der Waals surface area contributed by atoms with E-state index in [2.05, 4.69) is 20.6 Å². The first-order valence-corrected chi connectivity index (χ1v) is 12.1. The first-order chi connectivity index (χ1) is 17.5. The van der Waals surface area contributed by atoms with Crippen molar-refractivity contribution in [3.8, 4) is 11.4 Å². The number of amides is 2. The molecule has 0 bridgehead atoms. The highest BCUT2D eigenvalue weighted by Gasteiger charge is 2.43. The topological polar surface area (TPSA) is 106 Å². The minimum Gasteiger partial charge on any atom is -0.339 e. The molecule has 1 aliphatic carbocycles. The molecule has 0 unspecified atom stereocenters. The number of aryl methyl sites for hydroxylation is 1. The van der Waals surface area contributed by atoms with Crippen molar-refractivity contribution in [2.24, 2.45) is 0 Å². The van der Waals surface area contributed by atoms with Crippen LogP contribution in [0.15, 0.2) is 47.2 Å². The average molecular weight is 489 g/mol. The SMILES string of the molecule is Cc1ccc(-c2noc([C@H]3C[C@@H]3F)n2)cc1NC(=O)c1cnn2ccc(C(=O)N3CCCCC3)cc12. The minimum absolute atomic E-state index is 0.0296. The number of benzene rings is 1. The summed E-state index contributed by atoms with van der Waals surface area (Å²) in [6.45, 7) is 3.39. The Morgan fingerprint density at radius 2 is 1.94 bits per heavy atom. The van der Waals surface area contributed by atoms with Crippen LogP contribution in [0.5, 0.6) is 0 Å². The summed E-state index contributed by atoms with van der Waals surface area (Å²) in [5, 5.41) is 11.2. The van der Waals surface area contributed by atoms with Crippen LogP contribution in [0.2, 0.25) is 0 Å². The normalized spacial score (nSPS) is 19.4. The summed E-state index contributed by atoms with van der Waals surface area (Å²) >= 11 is 0. The maximum atomic E-state index is 13.3. The number of pyridine rings is 1. The second-order valence-corrected chi connectivity index (χ2v) is 9.45. The van der Waals surface area contributed by atoms with Crippen LogP contribution in [0.4, 0.5) is 10.1 Å². The summed E-state index contributed by atoms with van der Waals surface area (Å²) in [6, 6.07) is 8.89. The van der Waals surface area contributed by atoms with E-state index in [1.54, 1.807) is 28.9 Å². The standard InChI is InChI=1S/C26H25FN6O3/c1-15-5-6-16(23-30-25(36-31-23)18-13-20(18)27)11-21(15)29-24(34)19-14-28-33-10-7-17(12-22(19)33)26(35)32-8-3-2-4-9-32/h5-7,10-12,14,18,20H,2-4,8-9,13H2,1H3,(H,29,34)/t18-,20-/m0/s1. The molecule has 1 aliphatic heterocycles. The Kier molecular flexibility index (Phi) is 5.50. The van der Waals surface area contributed by atoms with E-state index in [-0.39, 0.29) is 17.7 Å². The number of likely N-dealkylation sites (tertiary alicyclic amines) is 1. The number of alkyl halides is 1. The van der Waals surface area contributed by atoms with Gasteiger partial charge in [0.2, 0.25) is 11.7 Å². The van der Waals surface area contributed by atoms with Gasteiger partial charge in [0.15, 0.2) is 0 Å². The van der Waals surface area contributed by atoms with E-state index in [0.717, 1.165) is 37.9 Å². The molecular formula is C26H25FN6O3. The summed E-state index contributed by atoms with van der Waals surface area (Å²) in [4.78, 5) is 32.4. The molecule has 184 valence electrons. The Morgan fingerprint density at radius 1 is 1.14 bits per heavy atom. The number of rotatable bonds is 5. The number of carbonyl (C=O) groups is 2. The zero-order valence-electron chi connectivity index (χ0n) is 19.8. The van der Waals surface area contributed by atoms with Crippen LogP contribution in [0.1, 0.15) is 63.8 Å². The lowest BCUT2D eigenvalue weighted by Crippen LogP contribution is -2.35. The van der Waals surface area contributed by atoms with Gasteiger partial charge in [0.1, 0.15) is 6.17 Å². The molecule has 1 aromatic carbocycles. The Hall–Kier alpha value is -4.08. The highest BCUT2D eigenvalue weighted by atomic mass is 19.1. The summed E-state index contributed by atoms with van der Waals surface area (Å²) < 4.78 is 20.1. The Balaban J connectivity index is 1.25. The smallest absolute Gasteiger partial charge is 0.259 e. The third-order valence-corrected chi connectivity index (χ3v) is 6.87. The number of anilines is 1. The molecule has 1 saturated heterocycles. The third kappa shape index (κ3) is 4.12. The Bertz CT molecular complexity index is 1470. The number of halogens is 1.